The molecule has 2 atom stereocenters. The van der Waals surface area contributed by atoms with Crippen molar-refractivity contribution in [3.05, 3.63) is 12.2 Å². The van der Waals surface area contributed by atoms with Gasteiger partial charge in [0.2, 0.25) is 11.8 Å². The smallest absolute Gasteiger partial charge is 0.220 e. The molecule has 0 radical (unpaired) electrons. The van der Waals surface area contributed by atoms with Crippen LogP contribution in [0.2, 0.25) is 0 Å². The monoisotopic (exact) mass is 268 g/mol. The highest BCUT2D eigenvalue weighted by atomic mass is 16.5. The first kappa shape index (κ1) is 15.4. The van der Waals surface area contributed by atoms with Gasteiger partial charge in [0, 0.05) is 12.3 Å². The molecule has 0 saturated carbocycles. The van der Waals surface area contributed by atoms with Crippen molar-refractivity contribution in [3.8, 4) is 0 Å². The molecule has 1 aliphatic rings. The van der Waals surface area contributed by atoms with E-state index < -0.39 is 11.9 Å². The Labute approximate surface area is 112 Å². The van der Waals surface area contributed by atoms with Crippen LogP contribution in [0.25, 0.3) is 0 Å². The second kappa shape index (κ2) is 7.68. The van der Waals surface area contributed by atoms with Gasteiger partial charge in [0.05, 0.1) is 12.6 Å². The summed E-state index contributed by atoms with van der Waals surface area (Å²) >= 11 is 0. The molecule has 3 N–H and O–H groups in total. The molecule has 19 heavy (non-hydrogen) atoms. The Hall–Kier alpha value is -1.69. The van der Waals surface area contributed by atoms with Crippen molar-refractivity contribution in [2.24, 2.45) is 11.7 Å². The summed E-state index contributed by atoms with van der Waals surface area (Å²) in [6.07, 6.45) is 4.67. The van der Waals surface area contributed by atoms with Crippen LogP contribution in [-0.4, -0.2) is 36.9 Å². The van der Waals surface area contributed by atoms with Gasteiger partial charge in [-0.1, -0.05) is 19.1 Å². The first-order valence-electron chi connectivity index (χ1n) is 6.35. The maximum absolute atomic E-state index is 11.7. The Kier molecular flexibility index (Phi) is 6.21. The molecule has 106 valence electrons. The molecule has 0 aromatic heterocycles. The number of ether oxygens (including phenoxy) is 1. The van der Waals surface area contributed by atoms with E-state index in [9.17, 15) is 14.4 Å². The molecule has 2 amide bonds. The number of ketones is 1. The Balaban J connectivity index is 2.41. The summed E-state index contributed by atoms with van der Waals surface area (Å²) in [7, 11) is 0. The van der Waals surface area contributed by atoms with Gasteiger partial charge in [0.25, 0.3) is 0 Å². The van der Waals surface area contributed by atoms with Gasteiger partial charge in [0.1, 0.15) is 6.61 Å². The summed E-state index contributed by atoms with van der Waals surface area (Å²) in [5, 5.41) is 2.66. The molecule has 0 saturated heterocycles. The Bertz CT molecular complexity index is 379. The highest BCUT2D eigenvalue weighted by Crippen LogP contribution is 2.06. The van der Waals surface area contributed by atoms with E-state index in [1.165, 1.54) is 0 Å². The van der Waals surface area contributed by atoms with E-state index in [0.29, 0.717) is 19.4 Å². The highest BCUT2D eigenvalue weighted by Gasteiger charge is 2.21. The van der Waals surface area contributed by atoms with E-state index in [-0.39, 0.29) is 30.6 Å². The van der Waals surface area contributed by atoms with E-state index in [1.54, 1.807) is 6.92 Å². The largest absolute Gasteiger partial charge is 0.370 e. The van der Waals surface area contributed by atoms with E-state index >= 15 is 0 Å². The summed E-state index contributed by atoms with van der Waals surface area (Å²) in [4.78, 5) is 34.3. The number of amides is 2. The third-order valence-corrected chi connectivity index (χ3v) is 3.01. The van der Waals surface area contributed by atoms with Gasteiger partial charge in [-0.2, -0.15) is 0 Å². The van der Waals surface area contributed by atoms with E-state index in [0.717, 1.165) is 0 Å². The van der Waals surface area contributed by atoms with Gasteiger partial charge < -0.3 is 15.8 Å². The third-order valence-electron chi connectivity index (χ3n) is 3.01. The minimum atomic E-state index is -0.548. The lowest BCUT2D eigenvalue weighted by molar-refractivity contribution is -0.130. The van der Waals surface area contributed by atoms with Gasteiger partial charge in [-0.15, -0.1) is 0 Å². The molecular formula is C13H20N2O4. The maximum Gasteiger partial charge on any atom is 0.220 e. The van der Waals surface area contributed by atoms with Crippen LogP contribution in [0.4, 0.5) is 0 Å². The maximum atomic E-state index is 11.7. The molecule has 0 bridgehead atoms. The number of hydrogen-bond acceptors (Lipinski definition) is 4. The van der Waals surface area contributed by atoms with Crippen molar-refractivity contribution in [1.82, 2.24) is 5.32 Å². The van der Waals surface area contributed by atoms with Gasteiger partial charge >= 0.3 is 0 Å². The number of Topliss-reactive ketones (excluding diaryl/α,β-unsaturated/α-hetero) is 1. The van der Waals surface area contributed by atoms with Gasteiger partial charge in [0.15, 0.2) is 5.78 Å². The fourth-order valence-corrected chi connectivity index (χ4v) is 1.66. The fraction of sp³-hybridized carbons (Fsp3) is 0.615. The lowest BCUT2D eigenvalue weighted by Crippen LogP contribution is -2.42. The summed E-state index contributed by atoms with van der Waals surface area (Å²) in [6, 6.07) is -0.548. The predicted octanol–water partition coefficient (Wildman–Crippen LogP) is -0.0816. The van der Waals surface area contributed by atoms with Crippen molar-refractivity contribution in [3.63, 3.8) is 0 Å². The first-order chi connectivity index (χ1) is 9.00. The molecule has 0 spiro atoms. The van der Waals surface area contributed by atoms with Crippen LogP contribution in [0.5, 0.6) is 0 Å². The summed E-state index contributed by atoms with van der Waals surface area (Å²) < 4.78 is 5.08. The molecule has 0 aromatic rings. The molecule has 6 nitrogen and oxygen atoms in total. The SMILES string of the molecule is CC(CCC(=O)N[C@H]1C/C=C\COCC1=O)C(N)=O. The topological polar surface area (TPSA) is 98.5 Å². The zero-order valence-corrected chi connectivity index (χ0v) is 11.1. The lowest BCUT2D eigenvalue weighted by Gasteiger charge is -2.18. The second-order valence-electron chi connectivity index (χ2n) is 4.65. The summed E-state index contributed by atoms with van der Waals surface area (Å²) in [5.41, 5.74) is 5.12. The van der Waals surface area contributed by atoms with Crippen molar-refractivity contribution in [1.29, 1.82) is 0 Å². The quantitative estimate of drug-likeness (QED) is 0.681. The van der Waals surface area contributed by atoms with Crippen LogP contribution in [0.15, 0.2) is 12.2 Å². The number of nitrogens with two attached hydrogens (primary N) is 1. The number of hydrogen-bond donors (Lipinski definition) is 2. The minimum Gasteiger partial charge on any atom is -0.370 e. The highest BCUT2D eigenvalue weighted by molar-refractivity contribution is 5.90. The third kappa shape index (κ3) is 5.65. The van der Waals surface area contributed by atoms with E-state index in [4.69, 9.17) is 10.5 Å². The van der Waals surface area contributed by atoms with Crippen LogP contribution in [0.1, 0.15) is 26.2 Å². The number of carbonyl (C=O) groups is 3. The fourth-order valence-electron chi connectivity index (χ4n) is 1.66. The zero-order valence-electron chi connectivity index (χ0n) is 11.1. The normalized spacial score (nSPS) is 23.0. The zero-order chi connectivity index (χ0) is 14.3. The first-order valence-corrected chi connectivity index (χ1v) is 6.35. The molecule has 0 aromatic carbocycles. The molecule has 1 heterocycles. The Morgan fingerprint density at radius 2 is 2.26 bits per heavy atom. The van der Waals surface area contributed by atoms with Gasteiger partial charge in [-0.3, -0.25) is 14.4 Å². The Morgan fingerprint density at radius 3 is 2.95 bits per heavy atom. The Morgan fingerprint density at radius 1 is 1.53 bits per heavy atom. The molecule has 1 aliphatic heterocycles. The van der Waals surface area contributed by atoms with E-state index in [1.807, 2.05) is 12.2 Å². The summed E-state index contributed by atoms with van der Waals surface area (Å²) in [5.74, 6) is -1.16. The van der Waals surface area contributed by atoms with Crippen molar-refractivity contribution < 1.29 is 19.1 Å². The molecular weight excluding hydrogens is 248 g/mol. The summed E-state index contributed by atoms with van der Waals surface area (Å²) in [6.45, 7) is 2.10. The number of primary amides is 1. The number of nitrogens with one attached hydrogen (secondary N) is 1. The average Bonchev–Trinajstić information content (AvgIpc) is 2.35. The minimum absolute atomic E-state index is 0.00692. The molecule has 1 rings (SSSR count). The van der Waals surface area contributed by atoms with Crippen molar-refractivity contribution >= 4 is 17.6 Å². The van der Waals surface area contributed by atoms with Crippen LogP contribution in [-0.2, 0) is 19.1 Å². The standard InChI is InChI=1S/C13H20N2O4/c1-9(13(14)18)5-6-12(17)15-10-4-2-3-7-19-8-11(10)16/h2-3,9-10H,4-8H2,1H3,(H2,14,18)(H,15,17)/b3-2-/t9?,10-/m0/s1. The molecule has 1 unspecified atom stereocenters. The number of carbonyl (C=O) groups excluding carboxylic acids is 3. The van der Waals surface area contributed by atoms with Crippen molar-refractivity contribution in [2.45, 2.75) is 32.2 Å². The second-order valence-corrected chi connectivity index (χ2v) is 4.65. The molecule has 0 fully saturated rings. The van der Waals surface area contributed by atoms with Crippen LogP contribution >= 0.6 is 0 Å². The van der Waals surface area contributed by atoms with Gasteiger partial charge in [-0.25, -0.2) is 0 Å². The van der Waals surface area contributed by atoms with Crippen LogP contribution in [0, 0.1) is 5.92 Å². The van der Waals surface area contributed by atoms with E-state index in [2.05, 4.69) is 5.32 Å². The van der Waals surface area contributed by atoms with Crippen molar-refractivity contribution in [2.75, 3.05) is 13.2 Å². The predicted molar refractivity (Wildman–Crippen MR) is 69.1 cm³/mol. The average molecular weight is 268 g/mol. The number of rotatable bonds is 5. The molecule has 0 aliphatic carbocycles. The van der Waals surface area contributed by atoms with Gasteiger partial charge in [-0.05, 0) is 12.8 Å². The van der Waals surface area contributed by atoms with Crippen LogP contribution in [0.3, 0.4) is 0 Å². The molecule has 6 heteroatoms. The van der Waals surface area contributed by atoms with Crippen LogP contribution < -0.4 is 11.1 Å². The lowest BCUT2D eigenvalue weighted by atomic mass is 10.0.